The fourth-order valence-corrected chi connectivity index (χ4v) is 2.49. The summed E-state index contributed by atoms with van der Waals surface area (Å²) in [6.07, 6.45) is 0. The van der Waals surface area contributed by atoms with Crippen LogP contribution in [-0.2, 0) is 5.33 Å². The second kappa shape index (κ2) is 4.81. The van der Waals surface area contributed by atoms with Crippen molar-refractivity contribution in [2.75, 3.05) is 6.61 Å². The third-order valence-corrected chi connectivity index (χ3v) is 3.34. The van der Waals surface area contributed by atoms with Crippen LogP contribution in [0.25, 0.3) is 10.6 Å². The van der Waals surface area contributed by atoms with Gasteiger partial charge in [-0.05, 0) is 23.5 Å². The summed E-state index contributed by atoms with van der Waals surface area (Å²) in [5, 5.41) is 6.60. The first-order valence-corrected chi connectivity index (χ1v) is 6.58. The van der Waals surface area contributed by atoms with E-state index < -0.39 is 0 Å². The first-order valence-electron chi connectivity index (χ1n) is 4.58. The van der Waals surface area contributed by atoms with E-state index in [-0.39, 0.29) is 0 Å². The van der Waals surface area contributed by atoms with Crippen LogP contribution in [0.3, 0.4) is 0 Å². The lowest BCUT2D eigenvalue weighted by Gasteiger charge is -1.98. The summed E-state index contributed by atoms with van der Waals surface area (Å²) in [5.41, 5.74) is 0.972. The van der Waals surface area contributed by atoms with E-state index in [1.54, 1.807) is 11.3 Å². The summed E-state index contributed by atoms with van der Waals surface area (Å²) >= 11 is 5.05. The van der Waals surface area contributed by atoms with E-state index in [1.165, 1.54) is 0 Å². The zero-order chi connectivity index (χ0) is 10.7. The van der Waals surface area contributed by atoms with Gasteiger partial charge in [0.1, 0.15) is 0 Å². The van der Waals surface area contributed by atoms with Crippen molar-refractivity contribution >= 4 is 27.3 Å². The predicted molar refractivity (Wildman–Crippen MR) is 63.6 cm³/mol. The molecular formula is C10H10BrNO2S. The summed E-state index contributed by atoms with van der Waals surface area (Å²) in [5.74, 6) is 1.38. The average molecular weight is 288 g/mol. The predicted octanol–water partition coefficient (Wildman–Crippen LogP) is 3.70. The van der Waals surface area contributed by atoms with Crippen molar-refractivity contribution in [3.8, 4) is 16.5 Å². The third kappa shape index (κ3) is 2.08. The fourth-order valence-electron chi connectivity index (χ4n) is 1.26. The molecule has 2 heterocycles. The molecular weight excluding hydrogens is 278 g/mol. The molecule has 0 aliphatic carbocycles. The highest BCUT2D eigenvalue weighted by Gasteiger charge is 2.18. The third-order valence-electron chi connectivity index (χ3n) is 1.91. The minimum atomic E-state index is 0.581. The number of aromatic nitrogens is 1. The summed E-state index contributed by atoms with van der Waals surface area (Å²) in [6.45, 7) is 2.52. The maximum absolute atomic E-state index is 5.38. The molecule has 0 aliphatic rings. The molecule has 2 aromatic rings. The minimum Gasteiger partial charge on any atom is -0.476 e. The molecule has 0 aliphatic heterocycles. The largest absolute Gasteiger partial charge is 0.476 e. The van der Waals surface area contributed by atoms with Crippen LogP contribution in [0.4, 0.5) is 0 Å². The summed E-state index contributed by atoms with van der Waals surface area (Å²) in [6, 6.07) is 3.99. The van der Waals surface area contributed by atoms with Gasteiger partial charge in [-0.1, -0.05) is 22.0 Å². The monoisotopic (exact) mass is 287 g/mol. The van der Waals surface area contributed by atoms with Crippen molar-refractivity contribution in [2.24, 2.45) is 0 Å². The Bertz CT molecular complexity index is 425. The number of thiophene rings is 1. The van der Waals surface area contributed by atoms with Crippen molar-refractivity contribution in [3.05, 3.63) is 23.1 Å². The van der Waals surface area contributed by atoms with Crippen LogP contribution < -0.4 is 4.74 Å². The Balaban J connectivity index is 2.40. The normalized spacial score (nSPS) is 10.5. The summed E-state index contributed by atoms with van der Waals surface area (Å²) < 4.78 is 10.7. The number of rotatable bonds is 4. The SMILES string of the molecule is CCOc1noc(-c2cccs2)c1CBr. The molecule has 3 nitrogen and oxygen atoms in total. The standard InChI is InChI=1S/C10H10BrNO2S/c1-2-13-10-7(6-11)9(14-12-10)8-4-3-5-15-8/h3-5H,2,6H2,1H3. The number of ether oxygens (including phenoxy) is 1. The van der Waals surface area contributed by atoms with Crippen LogP contribution in [0.2, 0.25) is 0 Å². The Kier molecular flexibility index (Phi) is 3.43. The zero-order valence-corrected chi connectivity index (χ0v) is 10.6. The second-order valence-corrected chi connectivity index (χ2v) is 4.35. The fraction of sp³-hybridized carbons (Fsp3) is 0.300. The molecule has 0 aromatic carbocycles. The zero-order valence-electron chi connectivity index (χ0n) is 8.20. The van der Waals surface area contributed by atoms with Crippen molar-refractivity contribution in [1.82, 2.24) is 5.16 Å². The van der Waals surface area contributed by atoms with Gasteiger partial charge in [-0.25, -0.2) is 0 Å². The lowest BCUT2D eigenvalue weighted by atomic mass is 10.2. The molecule has 15 heavy (non-hydrogen) atoms. The summed E-state index contributed by atoms with van der Waals surface area (Å²) in [7, 11) is 0. The lowest BCUT2D eigenvalue weighted by molar-refractivity contribution is 0.295. The van der Waals surface area contributed by atoms with Gasteiger partial charge in [0.2, 0.25) is 0 Å². The Hall–Kier alpha value is -0.810. The van der Waals surface area contributed by atoms with Crippen LogP contribution >= 0.6 is 27.3 Å². The van der Waals surface area contributed by atoms with Crippen molar-refractivity contribution in [1.29, 1.82) is 0 Å². The highest BCUT2D eigenvalue weighted by molar-refractivity contribution is 9.08. The highest BCUT2D eigenvalue weighted by Crippen LogP contribution is 2.34. The van der Waals surface area contributed by atoms with Crippen molar-refractivity contribution in [2.45, 2.75) is 12.3 Å². The number of nitrogens with zero attached hydrogens (tertiary/aromatic N) is 1. The maximum Gasteiger partial charge on any atom is 0.258 e. The number of hydrogen-bond donors (Lipinski definition) is 0. The van der Waals surface area contributed by atoms with Crippen molar-refractivity contribution < 1.29 is 9.26 Å². The van der Waals surface area contributed by atoms with Gasteiger partial charge < -0.3 is 9.26 Å². The molecule has 5 heteroatoms. The first-order chi connectivity index (χ1) is 7.36. The van der Waals surface area contributed by atoms with Gasteiger partial charge in [0.05, 0.1) is 17.0 Å². The van der Waals surface area contributed by atoms with E-state index in [1.807, 2.05) is 24.4 Å². The molecule has 0 N–H and O–H groups in total. The molecule has 0 spiro atoms. The second-order valence-electron chi connectivity index (χ2n) is 2.84. The van der Waals surface area contributed by atoms with Gasteiger partial charge in [0.25, 0.3) is 5.88 Å². The van der Waals surface area contributed by atoms with Crippen molar-refractivity contribution in [3.63, 3.8) is 0 Å². The Morgan fingerprint density at radius 3 is 3.07 bits per heavy atom. The smallest absolute Gasteiger partial charge is 0.258 e. The molecule has 0 bridgehead atoms. The Morgan fingerprint density at radius 2 is 2.47 bits per heavy atom. The van der Waals surface area contributed by atoms with Gasteiger partial charge in [0.15, 0.2) is 5.76 Å². The maximum atomic E-state index is 5.38. The Labute approximate surface area is 100 Å². The van der Waals surface area contributed by atoms with Crippen LogP contribution in [0, 0.1) is 0 Å². The molecule has 0 unspecified atom stereocenters. The van der Waals surface area contributed by atoms with Crippen LogP contribution in [0.5, 0.6) is 5.88 Å². The number of halogens is 1. The summed E-state index contributed by atoms with van der Waals surface area (Å²) in [4.78, 5) is 1.07. The molecule has 2 rings (SSSR count). The van der Waals surface area contributed by atoms with E-state index in [4.69, 9.17) is 9.26 Å². The molecule has 0 saturated carbocycles. The number of hydrogen-bond acceptors (Lipinski definition) is 4. The topological polar surface area (TPSA) is 35.3 Å². The molecule has 80 valence electrons. The van der Waals surface area contributed by atoms with E-state index in [0.29, 0.717) is 17.8 Å². The van der Waals surface area contributed by atoms with E-state index in [9.17, 15) is 0 Å². The number of alkyl halides is 1. The van der Waals surface area contributed by atoms with Gasteiger partial charge >= 0.3 is 0 Å². The molecule has 2 aromatic heterocycles. The van der Waals surface area contributed by atoms with Crippen LogP contribution in [-0.4, -0.2) is 11.8 Å². The van der Waals surface area contributed by atoms with Gasteiger partial charge in [0, 0.05) is 5.33 Å². The van der Waals surface area contributed by atoms with Crippen LogP contribution in [0.15, 0.2) is 22.0 Å². The van der Waals surface area contributed by atoms with Gasteiger partial charge in [-0.3, -0.25) is 0 Å². The van der Waals surface area contributed by atoms with Gasteiger partial charge in [-0.2, -0.15) is 0 Å². The molecule has 0 radical (unpaired) electrons. The highest BCUT2D eigenvalue weighted by atomic mass is 79.9. The first kappa shape index (κ1) is 10.7. The van der Waals surface area contributed by atoms with E-state index >= 15 is 0 Å². The van der Waals surface area contributed by atoms with E-state index in [0.717, 1.165) is 16.2 Å². The molecule has 0 amide bonds. The quantitative estimate of drug-likeness (QED) is 0.805. The Morgan fingerprint density at radius 1 is 1.60 bits per heavy atom. The van der Waals surface area contributed by atoms with E-state index in [2.05, 4.69) is 21.1 Å². The van der Waals surface area contributed by atoms with Gasteiger partial charge in [-0.15, -0.1) is 11.3 Å². The van der Waals surface area contributed by atoms with Crippen LogP contribution in [0.1, 0.15) is 12.5 Å². The molecule has 0 saturated heterocycles. The molecule has 0 atom stereocenters. The minimum absolute atomic E-state index is 0.581. The lowest BCUT2D eigenvalue weighted by Crippen LogP contribution is -1.94. The average Bonchev–Trinajstić information content (AvgIpc) is 2.85. The molecule has 0 fully saturated rings.